The fraction of sp³-hybridized carbons (Fsp3) is 0.467. The molecule has 1 saturated carbocycles. The summed E-state index contributed by atoms with van der Waals surface area (Å²) in [5.74, 6) is 2.08. The second kappa shape index (κ2) is 5.87. The number of ether oxygens (including phenoxy) is 1. The van der Waals surface area contributed by atoms with Crippen LogP contribution in [0.1, 0.15) is 18.4 Å². The Hall–Kier alpha value is -1.28. The third-order valence-electron chi connectivity index (χ3n) is 3.35. The van der Waals surface area contributed by atoms with Crippen LogP contribution in [0.25, 0.3) is 0 Å². The quantitative estimate of drug-likeness (QED) is 0.764. The van der Waals surface area contributed by atoms with Gasteiger partial charge in [-0.05, 0) is 48.8 Å². The van der Waals surface area contributed by atoms with Crippen LogP contribution in [0.2, 0.25) is 0 Å². The highest BCUT2D eigenvalue weighted by molar-refractivity contribution is 5.27. The van der Waals surface area contributed by atoms with E-state index in [1.807, 2.05) is 12.1 Å². The average molecular weight is 232 g/mol. The highest BCUT2D eigenvalue weighted by Crippen LogP contribution is 2.38. The highest BCUT2D eigenvalue weighted by Gasteiger charge is 2.33. The third kappa shape index (κ3) is 3.60. The van der Waals surface area contributed by atoms with Crippen molar-refractivity contribution in [3.05, 3.63) is 42.0 Å². The van der Waals surface area contributed by atoms with E-state index in [9.17, 15) is 0 Å². The van der Waals surface area contributed by atoms with Crippen LogP contribution in [0.4, 0.5) is 0 Å². The van der Waals surface area contributed by atoms with E-state index in [0.717, 1.165) is 25.0 Å². The van der Waals surface area contributed by atoms with Crippen molar-refractivity contribution in [3.8, 4) is 5.75 Å². The molecule has 1 fully saturated rings. The molecule has 0 amide bonds. The van der Waals surface area contributed by atoms with E-state index in [4.69, 9.17) is 9.84 Å². The van der Waals surface area contributed by atoms with Crippen LogP contribution < -0.4 is 4.74 Å². The van der Waals surface area contributed by atoms with Gasteiger partial charge in [-0.25, -0.2) is 0 Å². The maximum Gasteiger partial charge on any atom is 0.118 e. The molecule has 2 heteroatoms. The lowest BCUT2D eigenvalue weighted by Gasteiger charge is -2.01. The summed E-state index contributed by atoms with van der Waals surface area (Å²) in [5, 5.41) is 8.91. The SMILES string of the molecule is COc1ccc(CCC=CC2CC2CO)cc1. The largest absolute Gasteiger partial charge is 0.497 e. The van der Waals surface area contributed by atoms with Crippen LogP contribution in [-0.4, -0.2) is 18.8 Å². The summed E-state index contributed by atoms with van der Waals surface area (Å²) in [5.41, 5.74) is 1.34. The van der Waals surface area contributed by atoms with E-state index in [0.29, 0.717) is 18.4 Å². The second-order valence-corrected chi connectivity index (χ2v) is 4.66. The van der Waals surface area contributed by atoms with Crippen molar-refractivity contribution in [3.63, 3.8) is 0 Å². The zero-order valence-electron chi connectivity index (χ0n) is 10.3. The van der Waals surface area contributed by atoms with E-state index in [1.54, 1.807) is 7.11 Å². The number of benzene rings is 1. The Morgan fingerprint density at radius 3 is 2.71 bits per heavy atom. The van der Waals surface area contributed by atoms with Crippen molar-refractivity contribution in [2.45, 2.75) is 19.3 Å². The van der Waals surface area contributed by atoms with Gasteiger partial charge in [0.2, 0.25) is 0 Å². The van der Waals surface area contributed by atoms with E-state index < -0.39 is 0 Å². The number of aliphatic hydroxyl groups excluding tert-OH is 1. The Kier molecular flexibility index (Phi) is 4.21. The first kappa shape index (κ1) is 12.2. The maximum atomic E-state index is 8.91. The van der Waals surface area contributed by atoms with Crippen LogP contribution in [0.15, 0.2) is 36.4 Å². The lowest BCUT2D eigenvalue weighted by Crippen LogP contribution is -1.87. The summed E-state index contributed by atoms with van der Waals surface area (Å²) >= 11 is 0. The molecule has 0 radical (unpaired) electrons. The first-order chi connectivity index (χ1) is 8.33. The minimum atomic E-state index is 0.341. The zero-order valence-corrected chi connectivity index (χ0v) is 10.3. The van der Waals surface area contributed by atoms with Gasteiger partial charge in [-0.15, -0.1) is 0 Å². The normalized spacial score (nSPS) is 22.9. The summed E-state index contributed by atoms with van der Waals surface area (Å²) in [6.07, 6.45) is 7.79. The summed E-state index contributed by atoms with van der Waals surface area (Å²) < 4.78 is 5.12. The molecule has 92 valence electrons. The number of aliphatic hydroxyl groups is 1. The smallest absolute Gasteiger partial charge is 0.118 e. The van der Waals surface area contributed by atoms with E-state index in [-0.39, 0.29) is 0 Å². The van der Waals surface area contributed by atoms with Crippen LogP contribution in [0, 0.1) is 11.8 Å². The number of methoxy groups -OCH3 is 1. The molecule has 0 bridgehead atoms. The summed E-state index contributed by atoms with van der Waals surface area (Å²) in [7, 11) is 1.69. The average Bonchev–Trinajstić information content (AvgIpc) is 3.14. The molecule has 2 rings (SSSR count). The molecule has 1 aromatic rings. The Morgan fingerprint density at radius 1 is 1.35 bits per heavy atom. The minimum absolute atomic E-state index is 0.341. The summed E-state index contributed by atoms with van der Waals surface area (Å²) in [4.78, 5) is 0. The monoisotopic (exact) mass is 232 g/mol. The fourth-order valence-corrected chi connectivity index (χ4v) is 2.03. The highest BCUT2D eigenvalue weighted by atomic mass is 16.5. The van der Waals surface area contributed by atoms with Crippen molar-refractivity contribution in [1.29, 1.82) is 0 Å². The molecule has 0 heterocycles. The zero-order chi connectivity index (χ0) is 12.1. The van der Waals surface area contributed by atoms with Crippen LogP contribution in [0.5, 0.6) is 5.75 Å². The minimum Gasteiger partial charge on any atom is -0.497 e. The first-order valence-electron chi connectivity index (χ1n) is 6.24. The molecule has 0 saturated heterocycles. The summed E-state index contributed by atoms with van der Waals surface area (Å²) in [6, 6.07) is 8.23. The molecule has 2 unspecified atom stereocenters. The van der Waals surface area contributed by atoms with Gasteiger partial charge in [-0.2, -0.15) is 0 Å². The molecule has 2 atom stereocenters. The van der Waals surface area contributed by atoms with Gasteiger partial charge in [0.05, 0.1) is 7.11 Å². The van der Waals surface area contributed by atoms with Gasteiger partial charge < -0.3 is 9.84 Å². The van der Waals surface area contributed by atoms with Crippen molar-refractivity contribution >= 4 is 0 Å². The van der Waals surface area contributed by atoms with Crippen molar-refractivity contribution in [1.82, 2.24) is 0 Å². The second-order valence-electron chi connectivity index (χ2n) is 4.66. The predicted octanol–water partition coefficient (Wildman–Crippen LogP) is 2.81. The molecule has 17 heavy (non-hydrogen) atoms. The van der Waals surface area contributed by atoms with E-state index >= 15 is 0 Å². The van der Waals surface area contributed by atoms with Gasteiger partial charge in [-0.1, -0.05) is 24.3 Å². The predicted molar refractivity (Wildman–Crippen MR) is 69.1 cm³/mol. The van der Waals surface area contributed by atoms with Gasteiger partial charge in [0.25, 0.3) is 0 Å². The van der Waals surface area contributed by atoms with Gasteiger partial charge >= 0.3 is 0 Å². The molecule has 1 aliphatic rings. The maximum absolute atomic E-state index is 8.91. The molecule has 2 nitrogen and oxygen atoms in total. The Balaban J connectivity index is 1.71. The van der Waals surface area contributed by atoms with Crippen molar-refractivity contribution in [2.24, 2.45) is 11.8 Å². The molecule has 0 spiro atoms. The number of hydrogen-bond donors (Lipinski definition) is 1. The Labute approximate surface area is 103 Å². The van der Waals surface area contributed by atoms with Crippen LogP contribution >= 0.6 is 0 Å². The van der Waals surface area contributed by atoms with Gasteiger partial charge in [0.15, 0.2) is 0 Å². The molecular weight excluding hydrogens is 212 g/mol. The number of hydrogen-bond acceptors (Lipinski definition) is 2. The van der Waals surface area contributed by atoms with Crippen molar-refractivity contribution in [2.75, 3.05) is 13.7 Å². The number of rotatable bonds is 6. The standard InChI is InChI=1S/C15H20O2/c1-17-15-8-6-12(7-9-15)4-2-3-5-13-10-14(13)11-16/h3,5-9,13-14,16H,2,4,10-11H2,1H3. The topological polar surface area (TPSA) is 29.5 Å². The van der Waals surface area contributed by atoms with Gasteiger partial charge in [0, 0.05) is 6.61 Å². The van der Waals surface area contributed by atoms with Crippen LogP contribution in [-0.2, 0) is 6.42 Å². The van der Waals surface area contributed by atoms with E-state index in [1.165, 1.54) is 5.56 Å². The van der Waals surface area contributed by atoms with Crippen molar-refractivity contribution < 1.29 is 9.84 Å². The third-order valence-corrected chi connectivity index (χ3v) is 3.35. The Bertz CT molecular complexity index is 367. The number of aryl methyl sites for hydroxylation is 1. The Morgan fingerprint density at radius 2 is 2.12 bits per heavy atom. The molecule has 0 aliphatic heterocycles. The lowest BCUT2D eigenvalue weighted by molar-refractivity contribution is 0.272. The molecular formula is C15H20O2. The van der Waals surface area contributed by atoms with Gasteiger partial charge in [0.1, 0.15) is 5.75 Å². The molecule has 0 aromatic heterocycles. The van der Waals surface area contributed by atoms with Crippen LogP contribution in [0.3, 0.4) is 0 Å². The number of allylic oxidation sites excluding steroid dienone is 2. The molecule has 1 aromatic carbocycles. The van der Waals surface area contributed by atoms with Gasteiger partial charge in [-0.3, -0.25) is 0 Å². The fourth-order valence-electron chi connectivity index (χ4n) is 2.03. The first-order valence-corrected chi connectivity index (χ1v) is 6.24. The molecule has 1 aliphatic carbocycles. The van der Waals surface area contributed by atoms with E-state index in [2.05, 4.69) is 24.3 Å². The molecule has 1 N–H and O–H groups in total. The summed E-state index contributed by atoms with van der Waals surface area (Å²) in [6.45, 7) is 0.341. The lowest BCUT2D eigenvalue weighted by atomic mass is 10.1.